The Kier molecular flexibility index (Phi) is 4.48. The SMILES string of the molecule is CC(C)(CNS(=O)(=O)CC(=O)O)S(C)(=O)=O. The molecule has 0 aromatic rings. The van der Waals surface area contributed by atoms with E-state index in [1.165, 1.54) is 13.8 Å². The number of aliphatic carboxylic acids is 1. The average Bonchev–Trinajstić information content (AvgIpc) is 1.96. The molecule has 0 heterocycles. The Morgan fingerprint density at radius 2 is 1.69 bits per heavy atom. The molecule has 0 aromatic carbocycles. The maximum atomic E-state index is 11.2. The highest BCUT2D eigenvalue weighted by Gasteiger charge is 2.31. The number of hydrogen-bond acceptors (Lipinski definition) is 5. The summed E-state index contributed by atoms with van der Waals surface area (Å²) >= 11 is 0. The molecule has 0 fully saturated rings. The largest absolute Gasteiger partial charge is 0.480 e. The Morgan fingerprint density at radius 3 is 2.00 bits per heavy atom. The monoisotopic (exact) mass is 273 g/mol. The number of sulfonamides is 1. The molecule has 0 aromatic heterocycles. The van der Waals surface area contributed by atoms with Crippen molar-refractivity contribution in [2.24, 2.45) is 0 Å². The number of carboxylic acid groups (broad SMARTS) is 1. The molecule has 0 unspecified atom stereocenters. The highest BCUT2D eigenvalue weighted by atomic mass is 32.2. The fraction of sp³-hybridized carbons (Fsp3) is 0.857. The molecule has 0 amide bonds. The molecule has 0 aliphatic carbocycles. The van der Waals surface area contributed by atoms with Gasteiger partial charge < -0.3 is 5.11 Å². The van der Waals surface area contributed by atoms with E-state index in [-0.39, 0.29) is 6.54 Å². The van der Waals surface area contributed by atoms with Gasteiger partial charge >= 0.3 is 5.97 Å². The molecule has 9 heteroatoms. The van der Waals surface area contributed by atoms with Crippen molar-refractivity contribution in [3.05, 3.63) is 0 Å². The van der Waals surface area contributed by atoms with Crippen LogP contribution in [-0.2, 0) is 24.7 Å². The van der Waals surface area contributed by atoms with Crippen LogP contribution < -0.4 is 4.72 Å². The number of nitrogens with one attached hydrogen (secondary N) is 1. The number of sulfone groups is 1. The second-order valence-corrected chi connectivity index (χ2v) is 8.46. The molecule has 0 aliphatic rings. The van der Waals surface area contributed by atoms with Crippen LogP contribution in [0.1, 0.15) is 13.8 Å². The predicted octanol–water partition coefficient (Wildman–Crippen LogP) is -1.19. The topological polar surface area (TPSA) is 118 Å². The molecule has 0 saturated heterocycles. The van der Waals surface area contributed by atoms with Crippen molar-refractivity contribution in [2.45, 2.75) is 18.6 Å². The van der Waals surface area contributed by atoms with E-state index in [9.17, 15) is 21.6 Å². The maximum Gasteiger partial charge on any atom is 0.320 e. The lowest BCUT2D eigenvalue weighted by Gasteiger charge is -2.22. The third kappa shape index (κ3) is 4.90. The maximum absolute atomic E-state index is 11.2. The Bertz CT molecular complexity index is 461. The van der Waals surface area contributed by atoms with Crippen molar-refractivity contribution in [3.8, 4) is 0 Å². The zero-order valence-corrected chi connectivity index (χ0v) is 10.9. The van der Waals surface area contributed by atoms with Gasteiger partial charge in [-0.25, -0.2) is 21.6 Å². The van der Waals surface area contributed by atoms with Gasteiger partial charge in [0.25, 0.3) is 0 Å². The second-order valence-electron chi connectivity index (χ2n) is 4.01. The second kappa shape index (κ2) is 4.68. The number of hydrogen-bond donors (Lipinski definition) is 2. The molecule has 0 bridgehead atoms. The molecular weight excluding hydrogens is 258 g/mol. The zero-order valence-electron chi connectivity index (χ0n) is 9.22. The Balaban J connectivity index is 4.65. The number of rotatable bonds is 6. The van der Waals surface area contributed by atoms with Crippen LogP contribution >= 0.6 is 0 Å². The van der Waals surface area contributed by atoms with Gasteiger partial charge in [0.2, 0.25) is 10.0 Å². The van der Waals surface area contributed by atoms with Gasteiger partial charge in [0.1, 0.15) is 0 Å². The lowest BCUT2D eigenvalue weighted by Crippen LogP contribution is -2.44. The van der Waals surface area contributed by atoms with E-state index in [4.69, 9.17) is 5.11 Å². The van der Waals surface area contributed by atoms with E-state index < -0.39 is 36.3 Å². The van der Waals surface area contributed by atoms with Crippen LogP contribution in [0.4, 0.5) is 0 Å². The highest BCUT2D eigenvalue weighted by Crippen LogP contribution is 2.13. The number of carboxylic acids is 1. The van der Waals surface area contributed by atoms with E-state index in [2.05, 4.69) is 0 Å². The van der Waals surface area contributed by atoms with Crippen LogP contribution in [0, 0.1) is 0 Å². The summed E-state index contributed by atoms with van der Waals surface area (Å²) in [6, 6.07) is 0. The standard InChI is InChI=1S/C7H15NO6S2/c1-7(2,15(3,11)12)5-8-16(13,14)4-6(9)10/h8H,4-5H2,1-3H3,(H,9,10). The quantitative estimate of drug-likeness (QED) is 0.628. The summed E-state index contributed by atoms with van der Waals surface area (Å²) in [4.78, 5) is 10.2. The third-order valence-corrected chi connectivity index (χ3v) is 5.40. The van der Waals surface area contributed by atoms with E-state index in [1.807, 2.05) is 4.72 Å². The molecule has 96 valence electrons. The Labute approximate surface area is 94.8 Å². The van der Waals surface area contributed by atoms with Crippen molar-refractivity contribution in [2.75, 3.05) is 18.6 Å². The molecule has 0 spiro atoms. The Hall–Kier alpha value is -0.670. The van der Waals surface area contributed by atoms with Gasteiger partial charge in [0, 0.05) is 12.8 Å². The summed E-state index contributed by atoms with van der Waals surface area (Å²) in [5.74, 6) is -2.57. The van der Waals surface area contributed by atoms with E-state index >= 15 is 0 Å². The molecule has 16 heavy (non-hydrogen) atoms. The van der Waals surface area contributed by atoms with Crippen molar-refractivity contribution in [1.29, 1.82) is 0 Å². The minimum atomic E-state index is -3.99. The van der Waals surface area contributed by atoms with Crippen LogP contribution in [0.15, 0.2) is 0 Å². The van der Waals surface area contributed by atoms with E-state index in [0.717, 1.165) is 6.26 Å². The molecule has 2 N–H and O–H groups in total. The van der Waals surface area contributed by atoms with Crippen molar-refractivity contribution >= 4 is 25.8 Å². The van der Waals surface area contributed by atoms with Gasteiger partial charge in [-0.2, -0.15) is 0 Å². The molecule has 0 rings (SSSR count). The third-order valence-electron chi connectivity index (χ3n) is 2.04. The first-order valence-corrected chi connectivity index (χ1v) is 7.80. The summed E-state index contributed by atoms with van der Waals surface area (Å²) in [5, 5.41) is 8.30. The van der Waals surface area contributed by atoms with Gasteiger partial charge in [-0.15, -0.1) is 0 Å². The van der Waals surface area contributed by atoms with Crippen LogP contribution in [0.5, 0.6) is 0 Å². The lowest BCUT2D eigenvalue weighted by atomic mass is 10.2. The van der Waals surface area contributed by atoms with Gasteiger partial charge in [-0.05, 0) is 13.8 Å². The minimum Gasteiger partial charge on any atom is -0.480 e. The molecular formula is C7H15NO6S2. The minimum absolute atomic E-state index is 0.360. The van der Waals surface area contributed by atoms with Crippen molar-refractivity contribution < 1.29 is 26.7 Å². The summed E-state index contributed by atoms with van der Waals surface area (Å²) in [6.07, 6.45) is 0.985. The average molecular weight is 273 g/mol. The van der Waals surface area contributed by atoms with E-state index in [1.54, 1.807) is 0 Å². The van der Waals surface area contributed by atoms with Crippen LogP contribution in [0.2, 0.25) is 0 Å². The van der Waals surface area contributed by atoms with Gasteiger partial charge in [0.05, 0.1) is 4.75 Å². The predicted molar refractivity (Wildman–Crippen MR) is 58.3 cm³/mol. The zero-order chi connectivity index (χ0) is 13.2. The lowest BCUT2D eigenvalue weighted by molar-refractivity contribution is -0.134. The van der Waals surface area contributed by atoms with Crippen LogP contribution in [-0.4, -0.2) is 51.2 Å². The van der Waals surface area contributed by atoms with Gasteiger partial charge in [0.15, 0.2) is 15.6 Å². The fourth-order valence-electron chi connectivity index (χ4n) is 0.628. The summed E-state index contributed by atoms with van der Waals surface area (Å²) in [5.41, 5.74) is 0. The van der Waals surface area contributed by atoms with Gasteiger partial charge in [-0.1, -0.05) is 0 Å². The van der Waals surface area contributed by atoms with Gasteiger partial charge in [-0.3, -0.25) is 4.79 Å². The molecule has 0 saturated carbocycles. The first-order valence-electron chi connectivity index (χ1n) is 4.26. The Morgan fingerprint density at radius 1 is 1.25 bits per heavy atom. The molecule has 0 aliphatic heterocycles. The highest BCUT2D eigenvalue weighted by molar-refractivity contribution is 7.92. The van der Waals surface area contributed by atoms with Crippen molar-refractivity contribution in [1.82, 2.24) is 4.72 Å². The molecule has 0 atom stereocenters. The van der Waals surface area contributed by atoms with E-state index in [0.29, 0.717) is 0 Å². The fourth-order valence-corrected chi connectivity index (χ4v) is 2.06. The van der Waals surface area contributed by atoms with Crippen LogP contribution in [0.25, 0.3) is 0 Å². The molecule has 7 nitrogen and oxygen atoms in total. The van der Waals surface area contributed by atoms with Crippen LogP contribution in [0.3, 0.4) is 0 Å². The smallest absolute Gasteiger partial charge is 0.320 e. The molecule has 0 radical (unpaired) electrons. The first kappa shape index (κ1) is 15.3. The van der Waals surface area contributed by atoms with Crippen molar-refractivity contribution in [3.63, 3.8) is 0 Å². The summed E-state index contributed by atoms with van der Waals surface area (Å²) in [7, 11) is -7.42. The summed E-state index contributed by atoms with van der Waals surface area (Å²) in [6.45, 7) is 2.35. The summed E-state index contributed by atoms with van der Waals surface area (Å²) < 4.78 is 45.4. The first-order chi connectivity index (χ1) is 6.87. The normalized spacial score (nSPS) is 13.7. The number of carbonyl (C=O) groups is 1.